The van der Waals surface area contributed by atoms with Gasteiger partial charge in [0.05, 0.1) is 0 Å². The molecule has 0 aliphatic heterocycles. The first-order valence-electron chi connectivity index (χ1n) is 6.45. The Balaban J connectivity index is 1.84. The molecule has 4 heteroatoms. The molecule has 0 aromatic carbocycles. The third-order valence-corrected chi connectivity index (χ3v) is 3.93. The van der Waals surface area contributed by atoms with Crippen LogP contribution < -0.4 is 0 Å². The zero-order valence-corrected chi connectivity index (χ0v) is 10.9. The molecule has 1 aromatic rings. The number of H-pyrrole nitrogens is 1. The summed E-state index contributed by atoms with van der Waals surface area (Å²) in [5.74, 6) is 2.07. The highest BCUT2D eigenvalue weighted by Gasteiger charge is 2.14. The Labute approximate surface area is 102 Å². The Morgan fingerprint density at radius 2 is 2.19 bits per heavy atom. The minimum Gasteiger partial charge on any atom is -0.304 e. The second kappa shape index (κ2) is 5.62. The summed E-state index contributed by atoms with van der Waals surface area (Å²) in [6.07, 6.45) is 9.32. The van der Waals surface area contributed by atoms with Crippen LogP contribution in [0.3, 0.4) is 0 Å². The third-order valence-electron chi connectivity index (χ3n) is 3.62. The Morgan fingerprint density at radius 1 is 1.44 bits per heavy atom. The van der Waals surface area contributed by atoms with Crippen LogP contribution >= 0.6 is 12.2 Å². The molecule has 3 nitrogen and oxygen atoms in total. The fourth-order valence-electron chi connectivity index (χ4n) is 2.69. The number of aryl methyl sites for hydroxylation is 1. The number of aromatic amines is 1. The van der Waals surface area contributed by atoms with E-state index in [1.807, 2.05) is 0 Å². The van der Waals surface area contributed by atoms with Crippen molar-refractivity contribution >= 4 is 12.2 Å². The summed E-state index contributed by atoms with van der Waals surface area (Å²) < 4.78 is 2.94. The molecule has 0 bridgehead atoms. The van der Waals surface area contributed by atoms with Gasteiger partial charge in [0.15, 0.2) is 4.77 Å². The SMILES string of the molecule is CCc1n[nH]c(=S)n1CCCC1CCCC1. The van der Waals surface area contributed by atoms with Crippen LogP contribution in [0.2, 0.25) is 0 Å². The maximum atomic E-state index is 5.23. The first kappa shape index (κ1) is 11.8. The van der Waals surface area contributed by atoms with Crippen molar-refractivity contribution in [1.29, 1.82) is 0 Å². The van der Waals surface area contributed by atoms with Crippen molar-refractivity contribution in [2.45, 2.75) is 58.4 Å². The summed E-state index contributed by atoms with van der Waals surface area (Å²) in [4.78, 5) is 0. The summed E-state index contributed by atoms with van der Waals surface area (Å²) in [5, 5.41) is 7.11. The second-order valence-corrected chi connectivity index (χ2v) is 5.13. The molecule has 0 radical (unpaired) electrons. The molecule has 90 valence electrons. The molecule has 0 saturated heterocycles. The minimum absolute atomic E-state index is 0.781. The maximum Gasteiger partial charge on any atom is 0.195 e. The van der Waals surface area contributed by atoms with E-state index in [1.54, 1.807) is 0 Å². The molecule has 0 amide bonds. The van der Waals surface area contributed by atoms with Gasteiger partial charge < -0.3 is 4.57 Å². The quantitative estimate of drug-likeness (QED) is 0.798. The predicted octanol–water partition coefficient (Wildman–Crippen LogP) is 3.47. The lowest BCUT2D eigenvalue weighted by Gasteiger charge is -2.09. The van der Waals surface area contributed by atoms with Crippen LogP contribution in [0.25, 0.3) is 0 Å². The van der Waals surface area contributed by atoms with Crippen LogP contribution in [0, 0.1) is 10.7 Å². The van der Waals surface area contributed by atoms with Crippen LogP contribution in [0.1, 0.15) is 51.3 Å². The lowest BCUT2D eigenvalue weighted by Crippen LogP contribution is -2.05. The van der Waals surface area contributed by atoms with Crippen molar-refractivity contribution in [2.24, 2.45) is 5.92 Å². The van der Waals surface area contributed by atoms with Gasteiger partial charge in [0.25, 0.3) is 0 Å². The molecule has 1 fully saturated rings. The van der Waals surface area contributed by atoms with E-state index >= 15 is 0 Å². The van der Waals surface area contributed by atoms with Crippen LogP contribution in [0.15, 0.2) is 0 Å². The first-order valence-corrected chi connectivity index (χ1v) is 6.86. The third kappa shape index (κ3) is 2.73. The molecule has 0 atom stereocenters. The van der Waals surface area contributed by atoms with E-state index in [2.05, 4.69) is 21.7 Å². The van der Waals surface area contributed by atoms with E-state index in [1.165, 1.54) is 38.5 Å². The highest BCUT2D eigenvalue weighted by atomic mass is 32.1. The summed E-state index contributed by atoms with van der Waals surface area (Å²) in [7, 11) is 0. The summed E-state index contributed by atoms with van der Waals surface area (Å²) in [5.41, 5.74) is 0. The van der Waals surface area contributed by atoms with Crippen molar-refractivity contribution in [3.05, 3.63) is 10.6 Å². The number of hydrogen-bond acceptors (Lipinski definition) is 2. The van der Waals surface area contributed by atoms with Gasteiger partial charge >= 0.3 is 0 Å². The molecule has 1 aliphatic rings. The highest BCUT2D eigenvalue weighted by Crippen LogP contribution is 2.28. The van der Waals surface area contributed by atoms with E-state index in [4.69, 9.17) is 12.2 Å². The van der Waals surface area contributed by atoms with Crippen LogP contribution in [0.5, 0.6) is 0 Å². The number of aromatic nitrogens is 3. The summed E-state index contributed by atoms with van der Waals surface area (Å²) in [6.45, 7) is 3.16. The molecule has 16 heavy (non-hydrogen) atoms. The molecule has 1 N–H and O–H groups in total. The zero-order valence-electron chi connectivity index (χ0n) is 10.0. The van der Waals surface area contributed by atoms with Gasteiger partial charge in [0.2, 0.25) is 0 Å². The van der Waals surface area contributed by atoms with Crippen molar-refractivity contribution in [1.82, 2.24) is 14.8 Å². The zero-order chi connectivity index (χ0) is 11.4. The molecule has 1 heterocycles. The molecule has 2 rings (SSSR count). The predicted molar refractivity (Wildman–Crippen MR) is 68.0 cm³/mol. The summed E-state index contributed by atoms with van der Waals surface area (Å²) in [6, 6.07) is 0. The largest absolute Gasteiger partial charge is 0.304 e. The van der Waals surface area contributed by atoms with Gasteiger partial charge in [-0.25, -0.2) is 0 Å². The smallest absolute Gasteiger partial charge is 0.195 e. The van der Waals surface area contributed by atoms with E-state index in [9.17, 15) is 0 Å². The van der Waals surface area contributed by atoms with Gasteiger partial charge in [-0.05, 0) is 31.0 Å². The van der Waals surface area contributed by atoms with Crippen LogP contribution in [-0.2, 0) is 13.0 Å². The normalized spacial score (nSPS) is 17.1. The van der Waals surface area contributed by atoms with Crippen molar-refractivity contribution in [2.75, 3.05) is 0 Å². The van der Waals surface area contributed by atoms with Gasteiger partial charge in [-0.2, -0.15) is 5.10 Å². The lowest BCUT2D eigenvalue weighted by atomic mass is 10.0. The van der Waals surface area contributed by atoms with E-state index in [-0.39, 0.29) is 0 Å². The Kier molecular flexibility index (Phi) is 4.16. The molecule has 1 aromatic heterocycles. The fraction of sp³-hybridized carbons (Fsp3) is 0.833. The Bertz CT molecular complexity index is 374. The number of nitrogens with zero attached hydrogens (tertiary/aromatic N) is 2. The van der Waals surface area contributed by atoms with Crippen LogP contribution in [0.4, 0.5) is 0 Å². The lowest BCUT2D eigenvalue weighted by molar-refractivity contribution is 0.453. The molecule has 0 unspecified atom stereocenters. The van der Waals surface area contributed by atoms with Crippen molar-refractivity contribution < 1.29 is 0 Å². The van der Waals surface area contributed by atoms with E-state index < -0.39 is 0 Å². The fourth-order valence-corrected chi connectivity index (χ4v) is 2.93. The molecular formula is C12H21N3S. The number of rotatable bonds is 5. The van der Waals surface area contributed by atoms with E-state index in [0.717, 1.165) is 29.5 Å². The first-order chi connectivity index (χ1) is 7.81. The number of hydrogen-bond donors (Lipinski definition) is 1. The van der Waals surface area contributed by atoms with Crippen molar-refractivity contribution in [3.63, 3.8) is 0 Å². The van der Waals surface area contributed by atoms with Gasteiger partial charge in [-0.15, -0.1) is 0 Å². The topological polar surface area (TPSA) is 33.6 Å². The molecular weight excluding hydrogens is 218 g/mol. The Hall–Kier alpha value is -0.640. The van der Waals surface area contributed by atoms with Gasteiger partial charge in [-0.3, -0.25) is 5.10 Å². The van der Waals surface area contributed by atoms with Crippen LogP contribution in [-0.4, -0.2) is 14.8 Å². The molecule has 1 aliphatic carbocycles. The van der Waals surface area contributed by atoms with Crippen molar-refractivity contribution in [3.8, 4) is 0 Å². The monoisotopic (exact) mass is 239 g/mol. The standard InChI is InChI=1S/C12H21N3S/c1-2-11-13-14-12(16)15(11)9-5-8-10-6-3-4-7-10/h10H,2-9H2,1H3,(H,14,16). The average molecular weight is 239 g/mol. The number of nitrogens with one attached hydrogen (secondary N) is 1. The average Bonchev–Trinajstić information content (AvgIpc) is 2.90. The van der Waals surface area contributed by atoms with Gasteiger partial charge in [0, 0.05) is 13.0 Å². The second-order valence-electron chi connectivity index (χ2n) is 4.74. The van der Waals surface area contributed by atoms with E-state index in [0.29, 0.717) is 0 Å². The summed E-state index contributed by atoms with van der Waals surface area (Å²) >= 11 is 5.23. The van der Waals surface area contributed by atoms with Gasteiger partial charge in [-0.1, -0.05) is 32.6 Å². The maximum absolute atomic E-state index is 5.23. The van der Waals surface area contributed by atoms with Gasteiger partial charge in [0.1, 0.15) is 5.82 Å². The highest BCUT2D eigenvalue weighted by molar-refractivity contribution is 7.71. The molecule has 1 saturated carbocycles. The molecule has 0 spiro atoms. The Morgan fingerprint density at radius 3 is 2.88 bits per heavy atom. The minimum atomic E-state index is 0.781.